The van der Waals surface area contributed by atoms with Crippen molar-refractivity contribution < 1.29 is 28.7 Å². The van der Waals surface area contributed by atoms with Gasteiger partial charge in [-0.1, -0.05) is 24.3 Å². The average Bonchev–Trinajstić information content (AvgIpc) is 3.16. The molecule has 3 aromatic rings. The van der Waals surface area contributed by atoms with Gasteiger partial charge < -0.3 is 19.7 Å². The minimum Gasteiger partial charge on any atom is -0.497 e. The molecule has 3 aromatic carbocycles. The van der Waals surface area contributed by atoms with Crippen LogP contribution in [0.4, 0.5) is 16.2 Å². The first-order chi connectivity index (χ1) is 18.8. The lowest BCUT2D eigenvalue weighted by molar-refractivity contribution is -0.124. The van der Waals surface area contributed by atoms with Gasteiger partial charge >= 0.3 is 12.0 Å². The number of ether oxygens (including phenoxy) is 2. The van der Waals surface area contributed by atoms with E-state index >= 15 is 0 Å². The van der Waals surface area contributed by atoms with Crippen molar-refractivity contribution in [2.45, 2.75) is 32.7 Å². The second kappa shape index (κ2) is 12.3. The molecule has 0 radical (unpaired) electrons. The Bertz CT molecular complexity index is 1350. The summed E-state index contributed by atoms with van der Waals surface area (Å²) in [6, 6.07) is 19.5. The van der Waals surface area contributed by atoms with Gasteiger partial charge in [0.25, 0.3) is 5.91 Å². The summed E-state index contributed by atoms with van der Waals surface area (Å²) in [6.07, 6.45) is 0.285. The third-order valence-corrected chi connectivity index (χ3v) is 6.44. The lowest BCUT2D eigenvalue weighted by Gasteiger charge is -2.21. The van der Waals surface area contributed by atoms with Crippen molar-refractivity contribution in [1.82, 2.24) is 4.90 Å². The number of anilines is 2. The first kappa shape index (κ1) is 27.4. The maximum atomic E-state index is 13.5. The molecule has 9 nitrogen and oxygen atoms in total. The van der Waals surface area contributed by atoms with Gasteiger partial charge in [0, 0.05) is 12.2 Å². The fourth-order valence-electron chi connectivity index (χ4n) is 4.43. The summed E-state index contributed by atoms with van der Waals surface area (Å²) in [5, 5.41) is 2.76. The maximum absolute atomic E-state index is 13.5. The lowest BCUT2D eigenvalue weighted by atomic mass is 10.1. The molecular formula is C30H31N3O6. The number of rotatable bonds is 10. The molecule has 0 spiro atoms. The summed E-state index contributed by atoms with van der Waals surface area (Å²) in [7, 11) is 1.59. The predicted octanol–water partition coefficient (Wildman–Crippen LogP) is 4.59. The SMILES string of the molecule is CCOC(=O)c1ccc(NC(=O)CC2C(=O)N(c3cccc(C)c3)C(=O)N2CCc2ccc(OC)cc2)cc1. The molecule has 1 heterocycles. The Morgan fingerprint density at radius 3 is 2.33 bits per heavy atom. The second-order valence-electron chi connectivity index (χ2n) is 9.15. The van der Waals surface area contributed by atoms with Gasteiger partial charge in [-0.25, -0.2) is 14.5 Å². The van der Waals surface area contributed by atoms with Crippen LogP contribution in [-0.2, 0) is 20.7 Å². The monoisotopic (exact) mass is 529 g/mol. The highest BCUT2D eigenvalue weighted by Gasteiger charge is 2.46. The van der Waals surface area contributed by atoms with Crippen LogP contribution in [0, 0.1) is 6.92 Å². The Hall–Kier alpha value is -4.66. The van der Waals surface area contributed by atoms with Crippen LogP contribution in [-0.4, -0.2) is 55.0 Å². The summed E-state index contributed by atoms with van der Waals surface area (Å²) in [5.74, 6) is -0.602. The molecule has 4 rings (SSSR count). The standard InChI is InChI=1S/C30H31N3O6/c1-4-39-29(36)22-10-12-23(13-11-22)31-27(34)19-26-28(35)33(24-7-5-6-20(2)18-24)30(37)32(26)17-16-21-8-14-25(38-3)15-9-21/h5-15,18,26H,4,16-17,19H2,1-3H3,(H,31,34). The van der Waals surface area contributed by atoms with E-state index in [0.29, 0.717) is 23.4 Å². The molecule has 1 atom stereocenters. The van der Waals surface area contributed by atoms with E-state index in [1.165, 1.54) is 4.90 Å². The van der Waals surface area contributed by atoms with E-state index < -0.39 is 29.9 Å². The summed E-state index contributed by atoms with van der Waals surface area (Å²) in [6.45, 7) is 4.13. The molecule has 202 valence electrons. The minimum absolute atomic E-state index is 0.213. The highest BCUT2D eigenvalue weighted by Crippen LogP contribution is 2.28. The third-order valence-electron chi connectivity index (χ3n) is 6.44. The van der Waals surface area contributed by atoms with Gasteiger partial charge in [0.2, 0.25) is 5.91 Å². The van der Waals surface area contributed by atoms with Gasteiger partial charge in [0.05, 0.1) is 31.4 Å². The molecule has 1 fully saturated rings. The number of hydrogen-bond donors (Lipinski definition) is 1. The van der Waals surface area contributed by atoms with Crippen LogP contribution in [0.2, 0.25) is 0 Å². The Morgan fingerprint density at radius 2 is 1.69 bits per heavy atom. The average molecular weight is 530 g/mol. The second-order valence-corrected chi connectivity index (χ2v) is 9.15. The predicted molar refractivity (Wildman–Crippen MR) is 147 cm³/mol. The Kier molecular flexibility index (Phi) is 8.60. The smallest absolute Gasteiger partial charge is 0.338 e. The summed E-state index contributed by atoms with van der Waals surface area (Å²) >= 11 is 0. The van der Waals surface area contributed by atoms with Crippen LogP contribution in [0.25, 0.3) is 0 Å². The zero-order valence-corrected chi connectivity index (χ0v) is 22.2. The normalized spacial score (nSPS) is 14.9. The van der Waals surface area contributed by atoms with Gasteiger partial charge in [-0.05, 0) is 79.9 Å². The third kappa shape index (κ3) is 6.43. The number of aryl methyl sites for hydroxylation is 1. The van der Waals surface area contributed by atoms with Crippen LogP contribution in [0.1, 0.15) is 34.8 Å². The van der Waals surface area contributed by atoms with E-state index in [0.717, 1.165) is 21.8 Å². The molecule has 0 bridgehead atoms. The van der Waals surface area contributed by atoms with E-state index in [-0.39, 0.29) is 19.6 Å². The first-order valence-electron chi connectivity index (χ1n) is 12.7. The van der Waals surface area contributed by atoms with Crippen molar-refractivity contribution in [3.8, 4) is 5.75 Å². The molecule has 0 saturated carbocycles. The van der Waals surface area contributed by atoms with E-state index in [1.54, 1.807) is 56.5 Å². The van der Waals surface area contributed by atoms with Crippen molar-refractivity contribution in [2.24, 2.45) is 0 Å². The maximum Gasteiger partial charge on any atom is 0.338 e. The number of urea groups is 1. The molecule has 1 unspecified atom stereocenters. The lowest BCUT2D eigenvalue weighted by Crippen LogP contribution is -2.39. The van der Waals surface area contributed by atoms with Gasteiger partial charge in [0.1, 0.15) is 11.8 Å². The largest absolute Gasteiger partial charge is 0.497 e. The molecule has 4 amide bonds. The number of nitrogens with one attached hydrogen (secondary N) is 1. The molecule has 0 aliphatic carbocycles. The van der Waals surface area contributed by atoms with Crippen molar-refractivity contribution in [1.29, 1.82) is 0 Å². The quantitative estimate of drug-likeness (QED) is 0.304. The number of hydrogen-bond acceptors (Lipinski definition) is 6. The van der Waals surface area contributed by atoms with Crippen molar-refractivity contribution in [3.05, 3.63) is 89.5 Å². The highest BCUT2D eigenvalue weighted by molar-refractivity contribution is 6.22. The Morgan fingerprint density at radius 1 is 0.974 bits per heavy atom. The number of amides is 4. The van der Waals surface area contributed by atoms with E-state index in [4.69, 9.17) is 9.47 Å². The Labute approximate surface area is 227 Å². The zero-order chi connectivity index (χ0) is 27.9. The number of carbonyl (C=O) groups is 4. The molecule has 1 saturated heterocycles. The molecule has 1 aliphatic heterocycles. The van der Waals surface area contributed by atoms with E-state index in [2.05, 4.69) is 5.32 Å². The fraction of sp³-hybridized carbons (Fsp3) is 0.267. The first-order valence-corrected chi connectivity index (χ1v) is 12.7. The van der Waals surface area contributed by atoms with Crippen LogP contribution < -0.4 is 15.0 Å². The summed E-state index contributed by atoms with van der Waals surface area (Å²) < 4.78 is 10.2. The molecule has 9 heteroatoms. The highest BCUT2D eigenvalue weighted by atomic mass is 16.5. The molecule has 39 heavy (non-hydrogen) atoms. The minimum atomic E-state index is -0.963. The number of methoxy groups -OCH3 is 1. The number of imide groups is 1. The van der Waals surface area contributed by atoms with Crippen molar-refractivity contribution >= 4 is 35.2 Å². The van der Waals surface area contributed by atoms with Crippen molar-refractivity contribution in [2.75, 3.05) is 30.5 Å². The number of benzene rings is 3. The van der Waals surface area contributed by atoms with Gasteiger partial charge in [-0.2, -0.15) is 0 Å². The summed E-state index contributed by atoms with van der Waals surface area (Å²) in [4.78, 5) is 54.5. The van der Waals surface area contributed by atoms with Gasteiger partial charge in [-0.15, -0.1) is 0 Å². The fourth-order valence-corrected chi connectivity index (χ4v) is 4.43. The van der Waals surface area contributed by atoms with Crippen molar-refractivity contribution in [3.63, 3.8) is 0 Å². The zero-order valence-electron chi connectivity index (χ0n) is 22.2. The van der Waals surface area contributed by atoms with Crippen LogP contribution in [0.5, 0.6) is 5.75 Å². The number of nitrogens with zero attached hydrogens (tertiary/aromatic N) is 2. The van der Waals surface area contributed by atoms with Gasteiger partial charge in [0.15, 0.2) is 0 Å². The molecule has 0 aromatic heterocycles. The molecular weight excluding hydrogens is 498 g/mol. The van der Waals surface area contributed by atoms with Gasteiger partial charge in [-0.3, -0.25) is 9.59 Å². The topological polar surface area (TPSA) is 105 Å². The van der Waals surface area contributed by atoms with E-state index in [1.807, 2.05) is 37.3 Å². The molecule has 1 aliphatic rings. The Balaban J connectivity index is 1.51. The van der Waals surface area contributed by atoms with E-state index in [9.17, 15) is 19.2 Å². The molecule has 1 N–H and O–H groups in total. The number of carbonyl (C=O) groups excluding carboxylic acids is 4. The van der Waals surface area contributed by atoms with Crippen LogP contribution >= 0.6 is 0 Å². The van der Waals surface area contributed by atoms with Crippen LogP contribution in [0.3, 0.4) is 0 Å². The summed E-state index contributed by atoms with van der Waals surface area (Å²) in [5.41, 5.74) is 3.17. The number of esters is 1. The van der Waals surface area contributed by atoms with Crippen LogP contribution in [0.15, 0.2) is 72.8 Å².